The van der Waals surface area contributed by atoms with Gasteiger partial charge in [0.05, 0.1) is 12.8 Å². The normalized spacial score (nSPS) is 9.83. The highest BCUT2D eigenvalue weighted by molar-refractivity contribution is 5.95. The van der Waals surface area contributed by atoms with Gasteiger partial charge < -0.3 is 5.11 Å². The Morgan fingerprint density at radius 1 is 1.17 bits per heavy atom. The number of carbonyl (C=O) groups is 3. The van der Waals surface area contributed by atoms with Gasteiger partial charge in [0, 0.05) is 13.5 Å². The lowest BCUT2D eigenvalue weighted by Gasteiger charge is -2.18. The van der Waals surface area contributed by atoms with Crippen LogP contribution in [0.3, 0.4) is 0 Å². The Morgan fingerprint density at radius 3 is 2.28 bits per heavy atom. The summed E-state index contributed by atoms with van der Waals surface area (Å²) in [6, 6.07) is 9.01. The van der Waals surface area contributed by atoms with Crippen molar-refractivity contribution in [2.24, 2.45) is 0 Å². The molecule has 0 saturated heterocycles. The topological polar surface area (TPSA) is 74.7 Å². The molecule has 0 fully saturated rings. The first kappa shape index (κ1) is 13.9. The van der Waals surface area contributed by atoms with Crippen LogP contribution in [0.2, 0.25) is 0 Å². The largest absolute Gasteiger partial charge is 0.481 e. The van der Waals surface area contributed by atoms with E-state index in [0.717, 1.165) is 10.5 Å². The molecule has 0 aliphatic heterocycles. The van der Waals surface area contributed by atoms with Crippen LogP contribution in [0, 0.1) is 0 Å². The Balaban J connectivity index is 2.65. The Kier molecular flexibility index (Phi) is 5.05. The van der Waals surface area contributed by atoms with Crippen LogP contribution in [0.25, 0.3) is 0 Å². The molecule has 1 aromatic rings. The number of aliphatic carboxylic acids is 1. The average molecular weight is 249 g/mol. The van der Waals surface area contributed by atoms with E-state index in [9.17, 15) is 14.4 Å². The average Bonchev–Trinajstić information content (AvgIpc) is 2.29. The molecule has 1 N–H and O–H groups in total. The molecule has 0 unspecified atom stereocenters. The van der Waals surface area contributed by atoms with Gasteiger partial charge in [0.25, 0.3) is 0 Å². The van der Waals surface area contributed by atoms with Crippen molar-refractivity contribution >= 4 is 17.8 Å². The molecular weight excluding hydrogens is 234 g/mol. The summed E-state index contributed by atoms with van der Waals surface area (Å²) in [5.41, 5.74) is 0.795. The van der Waals surface area contributed by atoms with Crippen molar-refractivity contribution in [3.05, 3.63) is 35.9 Å². The van der Waals surface area contributed by atoms with Gasteiger partial charge in [-0.15, -0.1) is 0 Å². The van der Waals surface area contributed by atoms with Crippen LogP contribution in [0.5, 0.6) is 0 Å². The SMILES string of the molecule is CC(=O)N(CCC(=O)O)C(=O)Cc1ccccc1. The third kappa shape index (κ3) is 4.37. The Morgan fingerprint density at radius 2 is 1.78 bits per heavy atom. The Labute approximate surface area is 105 Å². The third-order valence-corrected chi connectivity index (χ3v) is 2.43. The fourth-order valence-corrected chi connectivity index (χ4v) is 1.53. The molecule has 1 aromatic carbocycles. The van der Waals surface area contributed by atoms with Crippen molar-refractivity contribution in [2.45, 2.75) is 19.8 Å². The molecule has 96 valence electrons. The van der Waals surface area contributed by atoms with Gasteiger partial charge in [0.1, 0.15) is 0 Å². The van der Waals surface area contributed by atoms with Crippen molar-refractivity contribution < 1.29 is 19.5 Å². The number of carbonyl (C=O) groups excluding carboxylic acids is 2. The number of nitrogens with zero attached hydrogens (tertiary/aromatic N) is 1. The smallest absolute Gasteiger partial charge is 0.305 e. The van der Waals surface area contributed by atoms with E-state index in [0.29, 0.717) is 0 Å². The number of carboxylic acids is 1. The van der Waals surface area contributed by atoms with Gasteiger partial charge >= 0.3 is 5.97 Å². The molecule has 0 atom stereocenters. The molecule has 5 nitrogen and oxygen atoms in total. The summed E-state index contributed by atoms with van der Waals surface area (Å²) < 4.78 is 0. The molecule has 1 rings (SSSR count). The maximum Gasteiger partial charge on any atom is 0.305 e. The minimum Gasteiger partial charge on any atom is -0.481 e. The first-order valence-corrected chi connectivity index (χ1v) is 5.57. The fourth-order valence-electron chi connectivity index (χ4n) is 1.53. The van der Waals surface area contributed by atoms with E-state index in [4.69, 9.17) is 5.11 Å². The summed E-state index contributed by atoms with van der Waals surface area (Å²) in [4.78, 5) is 34.6. The van der Waals surface area contributed by atoms with Crippen LogP contribution >= 0.6 is 0 Å². The van der Waals surface area contributed by atoms with E-state index in [2.05, 4.69) is 0 Å². The zero-order chi connectivity index (χ0) is 13.5. The van der Waals surface area contributed by atoms with Crippen molar-refractivity contribution in [3.63, 3.8) is 0 Å². The van der Waals surface area contributed by atoms with E-state index in [1.54, 1.807) is 24.3 Å². The van der Waals surface area contributed by atoms with Crippen molar-refractivity contribution in [2.75, 3.05) is 6.54 Å². The summed E-state index contributed by atoms with van der Waals surface area (Å²) in [6.07, 6.45) is -0.139. The molecule has 5 heteroatoms. The quantitative estimate of drug-likeness (QED) is 0.847. The summed E-state index contributed by atoms with van der Waals surface area (Å²) in [7, 11) is 0. The summed E-state index contributed by atoms with van der Waals surface area (Å²) in [5.74, 6) is -1.85. The van der Waals surface area contributed by atoms with Gasteiger partial charge in [0.2, 0.25) is 11.8 Å². The molecule has 0 aliphatic rings. The molecular formula is C13H15NO4. The first-order valence-electron chi connectivity index (χ1n) is 5.57. The number of hydrogen-bond acceptors (Lipinski definition) is 3. The van der Waals surface area contributed by atoms with Crippen LogP contribution in [0.1, 0.15) is 18.9 Å². The van der Waals surface area contributed by atoms with Crippen LogP contribution in [-0.4, -0.2) is 34.3 Å². The molecule has 0 spiro atoms. The number of rotatable bonds is 5. The van der Waals surface area contributed by atoms with Crippen LogP contribution in [0.15, 0.2) is 30.3 Å². The lowest BCUT2D eigenvalue weighted by molar-refractivity contribution is -0.144. The zero-order valence-electron chi connectivity index (χ0n) is 10.1. The highest BCUT2D eigenvalue weighted by Crippen LogP contribution is 2.04. The molecule has 0 aromatic heterocycles. The van der Waals surface area contributed by atoms with Crippen molar-refractivity contribution in [1.82, 2.24) is 4.90 Å². The van der Waals surface area contributed by atoms with Gasteiger partial charge in [-0.25, -0.2) is 0 Å². The number of benzene rings is 1. The first-order chi connectivity index (χ1) is 8.50. The predicted molar refractivity (Wildman–Crippen MR) is 64.8 cm³/mol. The minimum atomic E-state index is -1.03. The number of hydrogen-bond donors (Lipinski definition) is 1. The summed E-state index contributed by atoms with van der Waals surface area (Å²) in [5, 5.41) is 8.57. The van der Waals surface area contributed by atoms with E-state index < -0.39 is 11.9 Å². The minimum absolute atomic E-state index is 0.0870. The van der Waals surface area contributed by atoms with Gasteiger partial charge in [-0.2, -0.15) is 0 Å². The lowest BCUT2D eigenvalue weighted by atomic mass is 10.1. The van der Waals surface area contributed by atoms with Gasteiger partial charge in [-0.3, -0.25) is 19.3 Å². The van der Waals surface area contributed by atoms with Crippen LogP contribution < -0.4 is 0 Å². The van der Waals surface area contributed by atoms with E-state index >= 15 is 0 Å². The summed E-state index contributed by atoms with van der Waals surface area (Å²) >= 11 is 0. The molecule has 0 aliphatic carbocycles. The second-order valence-electron chi connectivity index (χ2n) is 3.87. The maximum absolute atomic E-state index is 11.9. The van der Waals surface area contributed by atoms with E-state index in [1.807, 2.05) is 6.07 Å². The molecule has 0 bridgehead atoms. The maximum atomic E-state index is 11.9. The molecule has 0 heterocycles. The van der Waals surface area contributed by atoms with Crippen LogP contribution in [0.4, 0.5) is 0 Å². The molecule has 0 radical (unpaired) electrons. The van der Waals surface area contributed by atoms with Crippen molar-refractivity contribution in [3.8, 4) is 0 Å². The van der Waals surface area contributed by atoms with Gasteiger partial charge in [-0.05, 0) is 5.56 Å². The summed E-state index contributed by atoms with van der Waals surface area (Å²) in [6.45, 7) is 1.17. The predicted octanol–water partition coefficient (Wildman–Crippen LogP) is 1.08. The standard InChI is InChI=1S/C13H15NO4/c1-10(15)14(8-7-13(17)18)12(16)9-11-5-3-2-4-6-11/h2-6H,7-9H2,1H3,(H,17,18). The molecule has 0 saturated carbocycles. The fraction of sp³-hybridized carbons (Fsp3) is 0.308. The second kappa shape index (κ2) is 6.54. The molecule has 18 heavy (non-hydrogen) atoms. The van der Waals surface area contributed by atoms with Crippen LogP contribution in [-0.2, 0) is 20.8 Å². The van der Waals surface area contributed by atoms with E-state index in [-0.39, 0.29) is 25.3 Å². The number of carboxylic acid groups (broad SMARTS) is 1. The highest BCUT2D eigenvalue weighted by Gasteiger charge is 2.18. The molecule has 2 amide bonds. The Hall–Kier alpha value is -2.17. The van der Waals surface area contributed by atoms with Gasteiger partial charge in [-0.1, -0.05) is 30.3 Å². The Bertz CT molecular complexity index is 442. The third-order valence-electron chi connectivity index (χ3n) is 2.43. The number of amides is 2. The van der Waals surface area contributed by atoms with Gasteiger partial charge in [0.15, 0.2) is 0 Å². The van der Waals surface area contributed by atoms with E-state index in [1.165, 1.54) is 6.92 Å². The highest BCUT2D eigenvalue weighted by atomic mass is 16.4. The van der Waals surface area contributed by atoms with Crippen molar-refractivity contribution in [1.29, 1.82) is 0 Å². The monoisotopic (exact) mass is 249 g/mol. The zero-order valence-corrected chi connectivity index (χ0v) is 10.1. The lowest BCUT2D eigenvalue weighted by Crippen LogP contribution is -2.37. The second-order valence-corrected chi connectivity index (χ2v) is 3.87. The number of imide groups is 1.